The number of rotatable bonds is 1. The van der Waals surface area contributed by atoms with Crippen molar-refractivity contribution in [1.29, 1.82) is 0 Å². The highest BCUT2D eigenvalue weighted by atomic mass is 15.4. The number of hydrogen-bond donors (Lipinski definition) is 3. The van der Waals surface area contributed by atoms with Crippen molar-refractivity contribution in [1.82, 2.24) is 20.7 Å². The van der Waals surface area contributed by atoms with Crippen LogP contribution in [0.5, 0.6) is 0 Å². The number of hydrogen-bond acceptors (Lipinski definition) is 3. The molecule has 3 heterocycles. The molecule has 2 atom stereocenters. The monoisotopic (exact) mass is 206 g/mol. The predicted octanol–water partition coefficient (Wildman–Crippen LogP) is 0.171. The van der Waals surface area contributed by atoms with Gasteiger partial charge in [-0.25, -0.2) is 0 Å². The lowest BCUT2D eigenvalue weighted by atomic mass is 9.94. The molecule has 1 aromatic rings. The molecule has 1 saturated heterocycles. The molecular formula is C11H18N4. The highest BCUT2D eigenvalue weighted by Crippen LogP contribution is 2.27. The Kier molecular flexibility index (Phi) is 2.27. The van der Waals surface area contributed by atoms with Crippen molar-refractivity contribution in [2.24, 2.45) is 0 Å². The van der Waals surface area contributed by atoms with E-state index in [1.165, 1.54) is 11.3 Å². The van der Waals surface area contributed by atoms with Gasteiger partial charge in [0.2, 0.25) is 0 Å². The van der Waals surface area contributed by atoms with Crippen molar-refractivity contribution < 1.29 is 0 Å². The summed E-state index contributed by atoms with van der Waals surface area (Å²) in [5.41, 5.74) is 9.50. The summed E-state index contributed by atoms with van der Waals surface area (Å²) in [6, 6.07) is 2.82. The number of aromatic nitrogens is 1. The van der Waals surface area contributed by atoms with Gasteiger partial charge in [0.05, 0.1) is 0 Å². The summed E-state index contributed by atoms with van der Waals surface area (Å²) < 4.78 is 2.39. The summed E-state index contributed by atoms with van der Waals surface area (Å²) in [4.78, 5) is 0. The van der Waals surface area contributed by atoms with E-state index in [2.05, 4.69) is 39.9 Å². The summed E-state index contributed by atoms with van der Waals surface area (Å²) in [5.74, 6) is 0.612. The lowest BCUT2D eigenvalue weighted by molar-refractivity contribution is 0.504. The van der Waals surface area contributed by atoms with Crippen LogP contribution < -0.4 is 16.2 Å². The van der Waals surface area contributed by atoms with E-state index in [1.807, 2.05) is 0 Å². The highest BCUT2D eigenvalue weighted by molar-refractivity contribution is 5.30. The second-order valence-corrected chi connectivity index (χ2v) is 4.51. The smallest absolute Gasteiger partial charge is 0.0362 e. The van der Waals surface area contributed by atoms with Crippen LogP contribution in [0, 0.1) is 0 Å². The zero-order chi connectivity index (χ0) is 10.3. The molecule has 0 aromatic carbocycles. The Bertz CT molecular complexity index is 357. The molecule has 2 aliphatic heterocycles. The van der Waals surface area contributed by atoms with Crippen LogP contribution in [0.1, 0.15) is 24.1 Å². The van der Waals surface area contributed by atoms with Crippen molar-refractivity contribution in [2.45, 2.75) is 32.0 Å². The van der Waals surface area contributed by atoms with Crippen LogP contribution in [0.4, 0.5) is 0 Å². The van der Waals surface area contributed by atoms with Crippen LogP contribution in [0.25, 0.3) is 0 Å². The third kappa shape index (κ3) is 1.49. The van der Waals surface area contributed by atoms with Gasteiger partial charge in [0, 0.05) is 50.0 Å². The summed E-state index contributed by atoms with van der Waals surface area (Å²) in [6.07, 6.45) is 2.23. The molecule has 0 bridgehead atoms. The zero-order valence-electron chi connectivity index (χ0n) is 9.09. The standard InChI is InChI=1S/C11H18N4/c1-8-10(6-13-14-8)9-2-4-15-5-3-12-7-11(9)15/h2,4,8,10,12-14H,3,5-7H2,1H3. The van der Waals surface area contributed by atoms with Gasteiger partial charge in [0.15, 0.2) is 0 Å². The SMILES string of the molecule is CC1NNCC1c1ccn2c1CNCC2. The minimum atomic E-state index is 0.527. The molecule has 2 unspecified atom stereocenters. The van der Waals surface area contributed by atoms with Crippen molar-refractivity contribution in [3.8, 4) is 0 Å². The molecule has 4 nitrogen and oxygen atoms in total. The molecule has 3 N–H and O–H groups in total. The lowest BCUT2D eigenvalue weighted by Crippen LogP contribution is -2.30. The van der Waals surface area contributed by atoms with E-state index in [-0.39, 0.29) is 0 Å². The second kappa shape index (κ2) is 3.63. The molecule has 0 spiro atoms. The number of fused-ring (bicyclic) bond motifs is 1. The van der Waals surface area contributed by atoms with Crippen molar-refractivity contribution in [2.75, 3.05) is 13.1 Å². The zero-order valence-corrected chi connectivity index (χ0v) is 9.09. The van der Waals surface area contributed by atoms with Crippen molar-refractivity contribution >= 4 is 0 Å². The molecule has 0 aliphatic carbocycles. The number of hydrazine groups is 1. The molecule has 0 amide bonds. The van der Waals surface area contributed by atoms with Crippen molar-refractivity contribution in [3.63, 3.8) is 0 Å². The summed E-state index contributed by atoms with van der Waals surface area (Å²) >= 11 is 0. The van der Waals surface area contributed by atoms with E-state index < -0.39 is 0 Å². The van der Waals surface area contributed by atoms with Gasteiger partial charge in [0.1, 0.15) is 0 Å². The fourth-order valence-corrected chi connectivity index (χ4v) is 2.67. The first-order valence-electron chi connectivity index (χ1n) is 5.73. The quantitative estimate of drug-likeness (QED) is 0.613. The van der Waals surface area contributed by atoms with Crippen LogP contribution in [0.3, 0.4) is 0 Å². The van der Waals surface area contributed by atoms with E-state index in [9.17, 15) is 0 Å². The van der Waals surface area contributed by atoms with Gasteiger partial charge in [-0.15, -0.1) is 0 Å². The Morgan fingerprint density at radius 3 is 3.20 bits per heavy atom. The molecule has 82 valence electrons. The number of nitrogens with one attached hydrogen (secondary N) is 3. The van der Waals surface area contributed by atoms with Crippen LogP contribution in [-0.4, -0.2) is 23.7 Å². The fraction of sp³-hybridized carbons (Fsp3) is 0.636. The summed E-state index contributed by atoms with van der Waals surface area (Å²) in [6.45, 7) is 6.50. The molecule has 4 heteroatoms. The number of nitrogens with zero attached hydrogens (tertiary/aromatic N) is 1. The third-order valence-corrected chi connectivity index (χ3v) is 3.59. The summed E-state index contributed by atoms with van der Waals surface area (Å²) in [7, 11) is 0. The maximum absolute atomic E-state index is 3.44. The molecule has 0 radical (unpaired) electrons. The maximum Gasteiger partial charge on any atom is 0.0362 e. The average Bonchev–Trinajstić information content (AvgIpc) is 2.83. The first kappa shape index (κ1) is 9.39. The Morgan fingerprint density at radius 1 is 1.47 bits per heavy atom. The average molecular weight is 206 g/mol. The van der Waals surface area contributed by atoms with Gasteiger partial charge in [-0.2, -0.15) is 0 Å². The minimum Gasteiger partial charge on any atom is -0.349 e. The molecule has 2 aliphatic rings. The first-order valence-corrected chi connectivity index (χ1v) is 5.73. The molecule has 1 fully saturated rings. The Hall–Kier alpha value is -0.840. The largest absolute Gasteiger partial charge is 0.349 e. The minimum absolute atomic E-state index is 0.527. The Morgan fingerprint density at radius 2 is 2.40 bits per heavy atom. The first-order chi connectivity index (χ1) is 7.36. The van der Waals surface area contributed by atoms with E-state index in [4.69, 9.17) is 0 Å². The van der Waals surface area contributed by atoms with Gasteiger partial charge in [-0.1, -0.05) is 0 Å². The maximum atomic E-state index is 3.44. The molecular weight excluding hydrogens is 188 g/mol. The van der Waals surface area contributed by atoms with Gasteiger partial charge < -0.3 is 9.88 Å². The third-order valence-electron chi connectivity index (χ3n) is 3.59. The summed E-state index contributed by atoms with van der Waals surface area (Å²) in [5, 5.41) is 3.44. The van der Waals surface area contributed by atoms with Crippen LogP contribution in [0.15, 0.2) is 12.3 Å². The normalized spacial score (nSPS) is 30.5. The van der Waals surface area contributed by atoms with Gasteiger partial charge in [-0.3, -0.25) is 10.9 Å². The molecule has 15 heavy (non-hydrogen) atoms. The van der Waals surface area contributed by atoms with Gasteiger partial charge in [0.25, 0.3) is 0 Å². The van der Waals surface area contributed by atoms with Gasteiger partial charge in [-0.05, 0) is 18.6 Å². The van der Waals surface area contributed by atoms with Crippen molar-refractivity contribution in [3.05, 3.63) is 23.5 Å². The fourth-order valence-electron chi connectivity index (χ4n) is 2.67. The molecule has 0 saturated carbocycles. The van der Waals surface area contributed by atoms with E-state index in [0.717, 1.165) is 26.2 Å². The predicted molar refractivity (Wildman–Crippen MR) is 59.5 cm³/mol. The van der Waals surface area contributed by atoms with Gasteiger partial charge >= 0.3 is 0 Å². The van der Waals surface area contributed by atoms with E-state index in [1.54, 1.807) is 0 Å². The molecule has 3 rings (SSSR count). The van der Waals surface area contributed by atoms with Crippen LogP contribution in [0.2, 0.25) is 0 Å². The lowest BCUT2D eigenvalue weighted by Gasteiger charge is -2.21. The van der Waals surface area contributed by atoms with Crippen LogP contribution in [-0.2, 0) is 13.1 Å². The van der Waals surface area contributed by atoms with Crippen LogP contribution >= 0.6 is 0 Å². The highest BCUT2D eigenvalue weighted by Gasteiger charge is 2.28. The topological polar surface area (TPSA) is 41.0 Å². The van der Waals surface area contributed by atoms with E-state index >= 15 is 0 Å². The second-order valence-electron chi connectivity index (χ2n) is 4.51. The molecule has 1 aromatic heterocycles. The Labute approximate surface area is 90.0 Å². The Balaban J connectivity index is 1.94. The van der Waals surface area contributed by atoms with E-state index in [0.29, 0.717) is 12.0 Å².